The van der Waals surface area contributed by atoms with E-state index in [9.17, 15) is 4.79 Å². The summed E-state index contributed by atoms with van der Waals surface area (Å²) in [5, 5.41) is 3.01. The van der Waals surface area contributed by atoms with Crippen LogP contribution in [0.3, 0.4) is 0 Å². The Hall–Kier alpha value is -0.390. The van der Waals surface area contributed by atoms with Gasteiger partial charge in [-0.2, -0.15) is 0 Å². The predicted octanol–water partition coefficient (Wildman–Crippen LogP) is 3.96. The molecule has 1 unspecified atom stereocenters. The van der Waals surface area contributed by atoms with Gasteiger partial charge in [-0.15, -0.1) is 11.3 Å². The average molecular weight is 375 g/mol. The molecule has 0 saturated carbocycles. The van der Waals surface area contributed by atoms with Crippen LogP contribution >= 0.6 is 27.3 Å². The van der Waals surface area contributed by atoms with E-state index in [0.29, 0.717) is 25.4 Å². The first-order valence-electron chi connectivity index (χ1n) is 7.54. The largest absolute Gasteiger partial charge is 0.356 e. The Morgan fingerprint density at radius 3 is 2.62 bits per heavy atom. The van der Waals surface area contributed by atoms with Crippen molar-refractivity contribution >= 4 is 33.2 Å². The topological polar surface area (TPSA) is 55.1 Å². The molecule has 0 bridgehead atoms. The van der Waals surface area contributed by atoms with Crippen LogP contribution in [0, 0.1) is 11.3 Å². The number of halogens is 1. The third-order valence-corrected chi connectivity index (χ3v) is 5.47. The molecule has 120 valence electrons. The molecular formula is C16H27BrN2OS. The molecule has 3 nitrogen and oxygen atoms in total. The minimum atomic E-state index is 0.150. The number of carbonyl (C=O) groups is 1. The van der Waals surface area contributed by atoms with Gasteiger partial charge < -0.3 is 11.1 Å². The second-order valence-electron chi connectivity index (χ2n) is 6.48. The zero-order chi connectivity index (χ0) is 15.9. The Balaban J connectivity index is 2.26. The SMILES string of the molecule is CC(C)(C)C(CCN)CCC(=O)NCCc1ccc(Br)s1. The van der Waals surface area contributed by atoms with E-state index < -0.39 is 0 Å². The molecule has 0 aromatic carbocycles. The molecule has 1 aromatic heterocycles. The minimum absolute atomic E-state index is 0.150. The highest BCUT2D eigenvalue weighted by molar-refractivity contribution is 9.11. The number of nitrogens with two attached hydrogens (primary N) is 1. The van der Waals surface area contributed by atoms with Gasteiger partial charge in [0.05, 0.1) is 3.79 Å². The van der Waals surface area contributed by atoms with Gasteiger partial charge in [-0.25, -0.2) is 0 Å². The van der Waals surface area contributed by atoms with Gasteiger partial charge in [0, 0.05) is 17.8 Å². The van der Waals surface area contributed by atoms with E-state index in [0.717, 1.165) is 23.0 Å². The van der Waals surface area contributed by atoms with Crippen molar-refractivity contribution in [3.8, 4) is 0 Å². The zero-order valence-electron chi connectivity index (χ0n) is 13.2. The molecule has 0 spiro atoms. The maximum Gasteiger partial charge on any atom is 0.220 e. The summed E-state index contributed by atoms with van der Waals surface area (Å²) in [5.74, 6) is 0.651. The first-order chi connectivity index (χ1) is 9.82. The van der Waals surface area contributed by atoms with E-state index in [1.54, 1.807) is 11.3 Å². The molecule has 0 aliphatic rings. The Labute approximate surface area is 140 Å². The van der Waals surface area contributed by atoms with Gasteiger partial charge in [-0.3, -0.25) is 4.79 Å². The van der Waals surface area contributed by atoms with Gasteiger partial charge >= 0.3 is 0 Å². The van der Waals surface area contributed by atoms with Crippen molar-refractivity contribution in [2.45, 2.75) is 46.5 Å². The molecule has 1 atom stereocenters. The maximum atomic E-state index is 11.9. The molecule has 0 fully saturated rings. The number of carbonyl (C=O) groups excluding carboxylic acids is 1. The summed E-state index contributed by atoms with van der Waals surface area (Å²) in [6.07, 6.45) is 3.39. The Morgan fingerprint density at radius 2 is 2.10 bits per heavy atom. The summed E-state index contributed by atoms with van der Waals surface area (Å²) in [4.78, 5) is 13.2. The monoisotopic (exact) mass is 374 g/mol. The van der Waals surface area contributed by atoms with E-state index in [1.807, 2.05) is 6.07 Å². The number of hydrogen-bond donors (Lipinski definition) is 2. The fourth-order valence-corrected chi connectivity index (χ4v) is 3.90. The summed E-state index contributed by atoms with van der Waals surface area (Å²) in [7, 11) is 0. The van der Waals surface area contributed by atoms with E-state index in [1.165, 1.54) is 4.88 Å². The number of hydrogen-bond acceptors (Lipinski definition) is 3. The van der Waals surface area contributed by atoms with Crippen LogP contribution < -0.4 is 11.1 Å². The maximum absolute atomic E-state index is 11.9. The summed E-state index contributed by atoms with van der Waals surface area (Å²) in [5.41, 5.74) is 5.89. The molecule has 1 rings (SSSR count). The minimum Gasteiger partial charge on any atom is -0.356 e. The van der Waals surface area contributed by atoms with Crippen LogP contribution in [-0.2, 0) is 11.2 Å². The molecule has 1 amide bonds. The van der Waals surface area contributed by atoms with Crippen molar-refractivity contribution in [1.29, 1.82) is 0 Å². The van der Waals surface area contributed by atoms with Gasteiger partial charge in [-0.05, 0) is 65.2 Å². The highest BCUT2D eigenvalue weighted by Crippen LogP contribution is 2.32. The molecule has 0 aliphatic carbocycles. The van der Waals surface area contributed by atoms with Crippen molar-refractivity contribution in [2.24, 2.45) is 17.1 Å². The van der Waals surface area contributed by atoms with Crippen molar-refractivity contribution < 1.29 is 4.79 Å². The fourth-order valence-electron chi connectivity index (χ4n) is 2.42. The highest BCUT2D eigenvalue weighted by Gasteiger charge is 2.24. The summed E-state index contributed by atoms with van der Waals surface area (Å²) in [6.45, 7) is 8.07. The lowest BCUT2D eigenvalue weighted by Gasteiger charge is -2.30. The Bertz CT molecular complexity index is 440. The normalized spacial score (nSPS) is 13.2. The molecule has 1 aromatic rings. The van der Waals surface area contributed by atoms with Crippen LogP contribution in [-0.4, -0.2) is 19.0 Å². The third kappa shape index (κ3) is 7.43. The summed E-state index contributed by atoms with van der Waals surface area (Å²) in [6, 6.07) is 4.14. The highest BCUT2D eigenvalue weighted by atomic mass is 79.9. The number of nitrogens with one attached hydrogen (secondary N) is 1. The lowest BCUT2D eigenvalue weighted by atomic mass is 9.76. The molecular weight excluding hydrogens is 348 g/mol. The zero-order valence-corrected chi connectivity index (χ0v) is 15.6. The first-order valence-corrected chi connectivity index (χ1v) is 9.15. The molecule has 1 heterocycles. The van der Waals surface area contributed by atoms with Gasteiger partial charge in [0.2, 0.25) is 5.91 Å². The molecule has 0 aliphatic heterocycles. The van der Waals surface area contributed by atoms with Crippen molar-refractivity contribution in [1.82, 2.24) is 5.32 Å². The number of thiophene rings is 1. The Morgan fingerprint density at radius 1 is 1.38 bits per heavy atom. The molecule has 5 heteroatoms. The van der Waals surface area contributed by atoms with Gasteiger partial charge in [0.25, 0.3) is 0 Å². The van der Waals surface area contributed by atoms with E-state index in [4.69, 9.17) is 5.73 Å². The molecule has 3 N–H and O–H groups in total. The number of rotatable bonds is 8. The standard InChI is InChI=1S/C16H27BrN2OS/c1-16(2,3)12(8-10-18)4-7-15(20)19-11-9-13-5-6-14(17)21-13/h5-6,12H,4,7-11,18H2,1-3H3,(H,19,20). The van der Waals surface area contributed by atoms with Crippen LogP contribution in [0.1, 0.15) is 44.9 Å². The molecule has 0 saturated heterocycles. The third-order valence-electron chi connectivity index (χ3n) is 3.78. The smallest absolute Gasteiger partial charge is 0.220 e. The van der Waals surface area contributed by atoms with Crippen molar-refractivity contribution in [2.75, 3.05) is 13.1 Å². The van der Waals surface area contributed by atoms with Crippen molar-refractivity contribution in [3.05, 3.63) is 20.8 Å². The van der Waals surface area contributed by atoms with Crippen LogP contribution in [0.5, 0.6) is 0 Å². The second kappa shape index (κ2) is 8.91. The predicted molar refractivity (Wildman–Crippen MR) is 94.6 cm³/mol. The van der Waals surface area contributed by atoms with E-state index in [-0.39, 0.29) is 11.3 Å². The van der Waals surface area contributed by atoms with E-state index in [2.05, 4.69) is 48.1 Å². The first kappa shape index (κ1) is 18.7. The van der Waals surface area contributed by atoms with Gasteiger partial charge in [-0.1, -0.05) is 20.8 Å². The quantitative estimate of drug-likeness (QED) is 0.723. The summed E-state index contributed by atoms with van der Waals surface area (Å²) >= 11 is 5.17. The number of amides is 1. The Kier molecular flexibility index (Phi) is 7.92. The fraction of sp³-hybridized carbons (Fsp3) is 0.688. The lowest BCUT2D eigenvalue weighted by Crippen LogP contribution is -2.28. The lowest BCUT2D eigenvalue weighted by molar-refractivity contribution is -0.121. The van der Waals surface area contributed by atoms with Crippen molar-refractivity contribution in [3.63, 3.8) is 0 Å². The molecule has 0 radical (unpaired) electrons. The van der Waals surface area contributed by atoms with Gasteiger partial charge in [0.1, 0.15) is 0 Å². The molecule has 21 heavy (non-hydrogen) atoms. The summed E-state index contributed by atoms with van der Waals surface area (Å²) < 4.78 is 1.14. The van der Waals surface area contributed by atoms with E-state index >= 15 is 0 Å². The van der Waals surface area contributed by atoms with Crippen LogP contribution in [0.2, 0.25) is 0 Å². The van der Waals surface area contributed by atoms with Crippen LogP contribution in [0.15, 0.2) is 15.9 Å². The van der Waals surface area contributed by atoms with Crippen LogP contribution in [0.4, 0.5) is 0 Å². The van der Waals surface area contributed by atoms with Crippen LogP contribution in [0.25, 0.3) is 0 Å². The van der Waals surface area contributed by atoms with Gasteiger partial charge in [0.15, 0.2) is 0 Å². The second-order valence-corrected chi connectivity index (χ2v) is 9.03. The average Bonchev–Trinajstić information content (AvgIpc) is 2.79.